The number of aryl methyl sites for hydroxylation is 2. The van der Waals surface area contributed by atoms with Crippen molar-refractivity contribution in [2.24, 2.45) is 0 Å². The van der Waals surface area contributed by atoms with Gasteiger partial charge < -0.3 is 28.4 Å². The first-order valence-corrected chi connectivity index (χ1v) is 32.1. The zero-order valence-electron chi connectivity index (χ0n) is 51.6. The van der Waals surface area contributed by atoms with Crippen LogP contribution in [-0.4, -0.2) is 8.80 Å². The lowest BCUT2D eigenvalue weighted by molar-refractivity contribution is 1.15. The maximum Gasteiger partial charge on any atom is 0.0622 e. The van der Waals surface area contributed by atoms with Crippen LogP contribution in [0.25, 0.3) is 76.2 Å². The minimum Gasteiger partial charge on any atom is -0.310 e. The van der Waals surface area contributed by atoms with Gasteiger partial charge in [-0.15, -0.1) is 0 Å². The standard InChI is InChI=1S/C87H62N6/c1-58-28-15-18-45-71(58)89(63-34-9-4-10-35-63)75-49-25-53-79-83(75)68-42-22-41-67-82-74(48-24-52-78(82)92(79)86(67)68)88(62-32-7-3-8-33-62)66-40-21-30-60(57-66)56-61-31-17-20-47-73(61)91(65-38-13-6-14-39-65)77-51-27-55-81-85(77)70-44-23-43-69-84-76(50-26-54-80(84)93(81)87(69)70)90(64-36-11-5-12-37-64)72-46-19-16-29-59(72)2/h3-55,57H,56H2,1-2H3. The van der Waals surface area contributed by atoms with Gasteiger partial charge in [0.05, 0.1) is 55.8 Å². The van der Waals surface area contributed by atoms with Gasteiger partial charge in [0.1, 0.15) is 0 Å². The zero-order chi connectivity index (χ0) is 61.7. The Morgan fingerprint density at radius 2 is 0.527 bits per heavy atom. The van der Waals surface area contributed by atoms with Gasteiger partial charge in [-0.25, -0.2) is 0 Å². The largest absolute Gasteiger partial charge is 0.310 e. The Balaban J connectivity index is 0.769. The molecule has 0 bridgehead atoms. The summed E-state index contributed by atoms with van der Waals surface area (Å²) < 4.78 is 5.04. The lowest BCUT2D eigenvalue weighted by Crippen LogP contribution is -2.13. The number of hydrogen-bond donors (Lipinski definition) is 0. The summed E-state index contributed by atoms with van der Waals surface area (Å²) in [6.07, 6.45) is 0.696. The molecule has 0 aliphatic carbocycles. The van der Waals surface area contributed by atoms with Crippen molar-refractivity contribution >= 4 is 144 Å². The Hall–Kier alpha value is -12.1. The fourth-order valence-corrected chi connectivity index (χ4v) is 15.3. The van der Waals surface area contributed by atoms with E-state index in [2.05, 4.69) is 370 Å². The van der Waals surface area contributed by atoms with Crippen LogP contribution in [0.15, 0.2) is 328 Å². The molecule has 6 nitrogen and oxygen atoms in total. The molecule has 4 aromatic heterocycles. The van der Waals surface area contributed by atoms with E-state index in [-0.39, 0.29) is 0 Å². The molecular formula is C87H62N6. The van der Waals surface area contributed by atoms with Crippen LogP contribution in [0.4, 0.5) is 68.2 Å². The van der Waals surface area contributed by atoms with E-state index in [1.165, 1.54) is 98.4 Å². The van der Waals surface area contributed by atoms with E-state index in [0.717, 1.165) is 68.2 Å². The third-order valence-electron chi connectivity index (χ3n) is 19.2. The quantitative estimate of drug-likeness (QED) is 0.108. The lowest BCUT2D eigenvalue weighted by Gasteiger charge is -2.29. The monoisotopic (exact) mass is 1190 g/mol. The van der Waals surface area contributed by atoms with E-state index in [1.54, 1.807) is 0 Å². The van der Waals surface area contributed by atoms with Crippen LogP contribution in [0.1, 0.15) is 22.3 Å². The molecule has 0 unspecified atom stereocenters. The molecule has 4 heterocycles. The van der Waals surface area contributed by atoms with Crippen LogP contribution in [0.5, 0.6) is 0 Å². The molecule has 440 valence electrons. The van der Waals surface area contributed by atoms with Crippen LogP contribution < -0.4 is 19.6 Å². The van der Waals surface area contributed by atoms with Gasteiger partial charge in [-0.1, -0.05) is 200 Å². The van der Waals surface area contributed by atoms with E-state index in [9.17, 15) is 0 Å². The summed E-state index contributed by atoms with van der Waals surface area (Å²) in [5.41, 5.74) is 25.5. The first kappa shape index (κ1) is 53.9. The van der Waals surface area contributed by atoms with Crippen LogP contribution in [0.3, 0.4) is 0 Å². The predicted molar refractivity (Wildman–Crippen MR) is 393 cm³/mol. The maximum atomic E-state index is 2.52. The average Bonchev–Trinajstić information content (AvgIpc) is 1.55. The van der Waals surface area contributed by atoms with E-state index in [4.69, 9.17) is 0 Å². The highest BCUT2D eigenvalue weighted by Gasteiger charge is 2.29. The number of anilines is 12. The third-order valence-corrected chi connectivity index (χ3v) is 19.2. The predicted octanol–water partition coefficient (Wildman–Crippen LogP) is 24.1. The molecule has 0 amide bonds. The highest BCUT2D eigenvalue weighted by molar-refractivity contribution is 6.30. The third kappa shape index (κ3) is 8.49. The normalized spacial score (nSPS) is 11.8. The second-order valence-corrected chi connectivity index (χ2v) is 24.5. The number of aromatic nitrogens is 2. The molecule has 6 heteroatoms. The van der Waals surface area contributed by atoms with Gasteiger partial charge in [-0.3, -0.25) is 0 Å². The van der Waals surface area contributed by atoms with Crippen molar-refractivity contribution < 1.29 is 0 Å². The summed E-state index contributed by atoms with van der Waals surface area (Å²) in [7, 11) is 0. The summed E-state index contributed by atoms with van der Waals surface area (Å²) in [6, 6.07) is 120. The van der Waals surface area contributed by atoms with Crippen LogP contribution in [0.2, 0.25) is 0 Å². The molecule has 0 aliphatic rings. The van der Waals surface area contributed by atoms with Gasteiger partial charge in [0.2, 0.25) is 0 Å². The van der Waals surface area contributed by atoms with Gasteiger partial charge in [0, 0.05) is 88.6 Å². The topological polar surface area (TPSA) is 21.8 Å². The number of fused-ring (bicyclic) bond motifs is 12. The molecule has 93 heavy (non-hydrogen) atoms. The molecule has 14 aromatic carbocycles. The molecule has 0 N–H and O–H groups in total. The molecule has 0 saturated carbocycles. The highest BCUT2D eigenvalue weighted by atomic mass is 15.2. The van der Waals surface area contributed by atoms with E-state index >= 15 is 0 Å². The average molecular weight is 1190 g/mol. The summed E-state index contributed by atoms with van der Waals surface area (Å²) >= 11 is 0. The summed E-state index contributed by atoms with van der Waals surface area (Å²) in [4.78, 5) is 9.84. The number of nitrogens with zero attached hydrogens (tertiary/aromatic N) is 6. The first-order chi connectivity index (χ1) is 46.1. The number of para-hydroxylation sites is 9. The van der Waals surface area contributed by atoms with Crippen molar-refractivity contribution in [3.63, 3.8) is 0 Å². The van der Waals surface area contributed by atoms with Gasteiger partial charge >= 0.3 is 0 Å². The van der Waals surface area contributed by atoms with Crippen LogP contribution >= 0.6 is 0 Å². The smallest absolute Gasteiger partial charge is 0.0622 e. The van der Waals surface area contributed by atoms with E-state index in [0.29, 0.717) is 6.42 Å². The summed E-state index contributed by atoms with van der Waals surface area (Å²) in [6.45, 7) is 4.41. The summed E-state index contributed by atoms with van der Waals surface area (Å²) in [5, 5.41) is 9.78. The fraction of sp³-hybridized carbons (Fsp3) is 0.0345. The Morgan fingerprint density at radius 3 is 0.925 bits per heavy atom. The zero-order valence-corrected chi connectivity index (χ0v) is 51.6. The Labute approximate surface area is 539 Å². The lowest BCUT2D eigenvalue weighted by atomic mass is 9.99. The van der Waals surface area contributed by atoms with Gasteiger partial charge in [0.15, 0.2) is 0 Å². The van der Waals surface area contributed by atoms with E-state index in [1.807, 2.05) is 0 Å². The van der Waals surface area contributed by atoms with Crippen molar-refractivity contribution in [1.82, 2.24) is 8.80 Å². The molecule has 18 aromatic rings. The molecule has 0 spiro atoms. The minimum atomic E-state index is 0.696. The van der Waals surface area contributed by atoms with Crippen molar-refractivity contribution in [3.05, 3.63) is 350 Å². The second kappa shape index (κ2) is 21.8. The number of rotatable bonds is 14. The molecule has 18 rings (SSSR count). The molecule has 0 aliphatic heterocycles. The first-order valence-electron chi connectivity index (χ1n) is 32.1. The number of hydrogen-bond acceptors (Lipinski definition) is 4. The molecule has 0 saturated heterocycles. The van der Waals surface area contributed by atoms with Crippen LogP contribution in [0, 0.1) is 13.8 Å². The second-order valence-electron chi connectivity index (χ2n) is 24.5. The molecule has 0 fully saturated rings. The van der Waals surface area contributed by atoms with Crippen molar-refractivity contribution in [2.45, 2.75) is 20.3 Å². The Morgan fingerprint density at radius 1 is 0.237 bits per heavy atom. The van der Waals surface area contributed by atoms with Crippen LogP contribution in [-0.2, 0) is 6.42 Å². The fourth-order valence-electron chi connectivity index (χ4n) is 15.3. The van der Waals surface area contributed by atoms with Gasteiger partial charge in [0.25, 0.3) is 0 Å². The minimum absolute atomic E-state index is 0.696. The molecule has 0 radical (unpaired) electrons. The van der Waals surface area contributed by atoms with E-state index < -0.39 is 0 Å². The Bertz CT molecular complexity index is 5840. The van der Waals surface area contributed by atoms with Crippen molar-refractivity contribution in [2.75, 3.05) is 19.6 Å². The Kier molecular flexibility index (Phi) is 12.6. The highest BCUT2D eigenvalue weighted by Crippen LogP contribution is 2.53. The maximum absolute atomic E-state index is 2.52. The van der Waals surface area contributed by atoms with Crippen molar-refractivity contribution in [1.29, 1.82) is 0 Å². The number of benzene rings is 14. The summed E-state index contributed by atoms with van der Waals surface area (Å²) in [5.74, 6) is 0. The van der Waals surface area contributed by atoms with Crippen molar-refractivity contribution in [3.8, 4) is 0 Å². The van der Waals surface area contributed by atoms with Gasteiger partial charge in [-0.2, -0.15) is 0 Å². The molecule has 0 atom stereocenters. The SMILES string of the molecule is Cc1ccccc1N(c1ccccc1)c1cccc2c1c1cccc3c4c(N(c5ccccc5)c5cccc(Cc6ccccc6N(c6ccccc6)c6cccc7c6c6cccc8c9c(N(c%10ccccc%10)c%10ccccc%10C)cccc9n7c86)c5)cccc4n2c31. The van der Waals surface area contributed by atoms with Gasteiger partial charge in [-0.05, 0) is 170 Å². The molecular weight excluding hydrogens is 1130 g/mol.